The van der Waals surface area contributed by atoms with Crippen LogP contribution in [0.1, 0.15) is 12.8 Å². The van der Waals surface area contributed by atoms with Crippen LogP contribution < -0.4 is 16.8 Å². The summed E-state index contributed by atoms with van der Waals surface area (Å²) in [6, 6.07) is -2.26. The Kier molecular flexibility index (Phi) is 6.04. The molecule has 0 fully saturated rings. The van der Waals surface area contributed by atoms with Crippen LogP contribution in [0.3, 0.4) is 0 Å². The molecule has 16 heavy (non-hydrogen) atoms. The quantitative estimate of drug-likeness (QED) is 0.331. The van der Waals surface area contributed by atoms with Crippen LogP contribution in [0.2, 0.25) is 0 Å². The summed E-state index contributed by atoms with van der Waals surface area (Å²) in [6.45, 7) is -0.257. The van der Waals surface area contributed by atoms with E-state index in [1.54, 1.807) is 0 Å². The molecule has 0 aliphatic carbocycles. The lowest BCUT2D eigenvalue weighted by molar-refractivity contribution is -0.142. The van der Waals surface area contributed by atoms with Gasteiger partial charge in [0, 0.05) is 13.0 Å². The van der Waals surface area contributed by atoms with Crippen molar-refractivity contribution in [2.24, 2.45) is 11.5 Å². The van der Waals surface area contributed by atoms with Gasteiger partial charge in [0.1, 0.15) is 6.04 Å². The van der Waals surface area contributed by atoms with Crippen LogP contribution in [0.25, 0.3) is 0 Å². The predicted octanol–water partition coefficient (Wildman–Crippen LogP) is -2.29. The molecule has 0 spiro atoms. The highest BCUT2D eigenvalue weighted by Crippen LogP contribution is 1.95. The van der Waals surface area contributed by atoms with Crippen molar-refractivity contribution in [1.82, 2.24) is 5.32 Å². The molecule has 0 aromatic rings. The van der Waals surface area contributed by atoms with Crippen molar-refractivity contribution in [1.29, 1.82) is 0 Å². The molecule has 0 saturated heterocycles. The number of carbonyl (C=O) groups excluding carboxylic acids is 1. The van der Waals surface area contributed by atoms with E-state index in [0.29, 0.717) is 0 Å². The van der Waals surface area contributed by atoms with E-state index < -0.39 is 29.9 Å². The topological polar surface area (TPSA) is 156 Å². The van der Waals surface area contributed by atoms with Gasteiger partial charge in [-0.05, 0) is 6.42 Å². The average molecular weight is 233 g/mol. The van der Waals surface area contributed by atoms with Crippen LogP contribution in [0.15, 0.2) is 0 Å². The second-order valence-corrected chi connectivity index (χ2v) is 3.17. The fraction of sp³-hybridized carbons (Fsp3) is 0.625. The highest BCUT2D eigenvalue weighted by molar-refractivity contribution is 5.87. The summed E-state index contributed by atoms with van der Waals surface area (Å²) < 4.78 is 0. The number of carbonyl (C=O) groups is 3. The van der Waals surface area contributed by atoms with Crippen molar-refractivity contribution in [3.05, 3.63) is 0 Å². The van der Waals surface area contributed by atoms with Crippen molar-refractivity contribution < 1.29 is 24.6 Å². The standard InChI is InChI=1S/C8H15N3O5/c9-3-5(8(15)16)11-7(14)4(10)1-2-6(12)13/h4-5H,1-3,9-10H2,(H,11,14)(H,12,13)(H,15,16)/t4?,5-/m0/s1. The van der Waals surface area contributed by atoms with E-state index in [2.05, 4.69) is 5.32 Å². The van der Waals surface area contributed by atoms with E-state index in [9.17, 15) is 14.4 Å². The normalized spacial score (nSPS) is 13.9. The summed E-state index contributed by atoms with van der Waals surface area (Å²) in [5, 5.41) is 19.1. The minimum absolute atomic E-state index is 0.0575. The second-order valence-electron chi connectivity index (χ2n) is 3.17. The average Bonchev–Trinajstić information content (AvgIpc) is 2.21. The van der Waals surface area contributed by atoms with E-state index in [1.165, 1.54) is 0 Å². The number of aliphatic carboxylic acids is 2. The summed E-state index contributed by atoms with van der Waals surface area (Å²) in [5.41, 5.74) is 10.5. The van der Waals surface area contributed by atoms with Crippen molar-refractivity contribution >= 4 is 17.8 Å². The third-order valence-corrected chi connectivity index (χ3v) is 1.86. The van der Waals surface area contributed by atoms with Gasteiger partial charge in [-0.3, -0.25) is 9.59 Å². The molecular formula is C8H15N3O5. The fourth-order valence-corrected chi connectivity index (χ4v) is 0.910. The third kappa shape index (κ3) is 5.27. The van der Waals surface area contributed by atoms with Crippen LogP contribution in [-0.4, -0.2) is 46.7 Å². The third-order valence-electron chi connectivity index (χ3n) is 1.86. The number of hydrogen-bond acceptors (Lipinski definition) is 5. The van der Waals surface area contributed by atoms with Gasteiger partial charge >= 0.3 is 11.9 Å². The van der Waals surface area contributed by atoms with E-state index >= 15 is 0 Å². The number of hydrogen-bond donors (Lipinski definition) is 5. The zero-order valence-corrected chi connectivity index (χ0v) is 8.55. The highest BCUT2D eigenvalue weighted by atomic mass is 16.4. The van der Waals surface area contributed by atoms with Crippen molar-refractivity contribution in [3.8, 4) is 0 Å². The molecular weight excluding hydrogens is 218 g/mol. The van der Waals surface area contributed by atoms with Gasteiger partial charge in [-0.1, -0.05) is 0 Å². The maximum absolute atomic E-state index is 11.3. The van der Waals surface area contributed by atoms with Crippen LogP contribution in [-0.2, 0) is 14.4 Å². The maximum Gasteiger partial charge on any atom is 0.327 e. The van der Waals surface area contributed by atoms with Gasteiger partial charge < -0.3 is 27.0 Å². The van der Waals surface area contributed by atoms with Gasteiger partial charge in [0.05, 0.1) is 6.04 Å². The fourth-order valence-electron chi connectivity index (χ4n) is 0.910. The molecule has 8 heteroatoms. The molecule has 0 saturated carbocycles. The number of nitrogens with two attached hydrogens (primary N) is 2. The second kappa shape index (κ2) is 6.75. The zero-order valence-electron chi connectivity index (χ0n) is 8.55. The monoisotopic (exact) mass is 233 g/mol. The number of carboxylic acids is 2. The highest BCUT2D eigenvalue weighted by Gasteiger charge is 2.22. The molecule has 92 valence electrons. The predicted molar refractivity (Wildman–Crippen MR) is 53.5 cm³/mol. The maximum atomic E-state index is 11.3. The van der Waals surface area contributed by atoms with E-state index in [-0.39, 0.29) is 19.4 Å². The number of nitrogens with one attached hydrogen (secondary N) is 1. The molecule has 1 unspecified atom stereocenters. The van der Waals surface area contributed by atoms with Gasteiger partial charge in [0.25, 0.3) is 0 Å². The molecule has 0 bridgehead atoms. The van der Waals surface area contributed by atoms with Crippen LogP contribution in [0.4, 0.5) is 0 Å². The summed E-state index contributed by atoms with van der Waals surface area (Å²) in [6.07, 6.45) is -0.312. The van der Waals surface area contributed by atoms with Crippen molar-refractivity contribution in [2.75, 3.05) is 6.54 Å². The molecule has 0 heterocycles. The Labute approximate surface area is 91.6 Å². The van der Waals surface area contributed by atoms with Crippen LogP contribution >= 0.6 is 0 Å². The van der Waals surface area contributed by atoms with Gasteiger partial charge in [-0.25, -0.2) is 4.79 Å². The van der Waals surface area contributed by atoms with Gasteiger partial charge in [0.15, 0.2) is 0 Å². The lowest BCUT2D eigenvalue weighted by atomic mass is 10.1. The van der Waals surface area contributed by atoms with Crippen molar-refractivity contribution in [3.63, 3.8) is 0 Å². The molecule has 2 atom stereocenters. The summed E-state index contributed by atoms with van der Waals surface area (Å²) in [7, 11) is 0. The minimum atomic E-state index is -1.26. The first-order valence-electron chi connectivity index (χ1n) is 4.59. The smallest absolute Gasteiger partial charge is 0.327 e. The van der Waals surface area contributed by atoms with Gasteiger partial charge in [0.2, 0.25) is 5.91 Å². The van der Waals surface area contributed by atoms with Crippen LogP contribution in [0, 0.1) is 0 Å². The van der Waals surface area contributed by atoms with Gasteiger partial charge in [-0.15, -0.1) is 0 Å². The minimum Gasteiger partial charge on any atom is -0.481 e. The molecule has 0 aromatic heterocycles. The van der Waals surface area contributed by atoms with Crippen molar-refractivity contribution in [2.45, 2.75) is 24.9 Å². The molecule has 0 aliphatic rings. The van der Waals surface area contributed by atoms with Crippen LogP contribution in [0.5, 0.6) is 0 Å². The molecule has 0 radical (unpaired) electrons. The molecule has 0 rings (SSSR count). The lowest BCUT2D eigenvalue weighted by Gasteiger charge is -2.15. The Morgan fingerprint density at radius 2 is 1.81 bits per heavy atom. The Balaban J connectivity index is 4.13. The summed E-state index contributed by atoms with van der Waals surface area (Å²) in [4.78, 5) is 32.0. The molecule has 7 N–H and O–H groups in total. The summed E-state index contributed by atoms with van der Waals surface area (Å²) >= 11 is 0. The number of amides is 1. The first-order valence-corrected chi connectivity index (χ1v) is 4.59. The lowest BCUT2D eigenvalue weighted by Crippen LogP contribution is -2.51. The van der Waals surface area contributed by atoms with E-state index in [4.69, 9.17) is 21.7 Å². The Morgan fingerprint density at radius 3 is 2.19 bits per heavy atom. The zero-order chi connectivity index (χ0) is 12.7. The molecule has 8 nitrogen and oxygen atoms in total. The molecule has 1 amide bonds. The summed E-state index contributed by atoms with van der Waals surface area (Å²) in [5.74, 6) is -3.06. The number of carboxylic acid groups (broad SMARTS) is 2. The Morgan fingerprint density at radius 1 is 1.25 bits per heavy atom. The SMILES string of the molecule is NC[C@H](NC(=O)C(N)CCC(=O)O)C(=O)O. The number of rotatable bonds is 7. The first-order chi connectivity index (χ1) is 7.38. The van der Waals surface area contributed by atoms with E-state index in [1.807, 2.05) is 0 Å². The largest absolute Gasteiger partial charge is 0.481 e. The Hall–Kier alpha value is -1.67. The van der Waals surface area contributed by atoms with Gasteiger partial charge in [-0.2, -0.15) is 0 Å². The van der Waals surface area contributed by atoms with E-state index in [0.717, 1.165) is 0 Å². The molecule has 0 aliphatic heterocycles. The first kappa shape index (κ1) is 14.3. The Bertz CT molecular complexity index is 281. The molecule has 0 aromatic carbocycles.